The van der Waals surface area contributed by atoms with Crippen molar-refractivity contribution in [3.8, 4) is 11.3 Å². The van der Waals surface area contributed by atoms with Gasteiger partial charge in [0, 0.05) is 16.3 Å². The lowest BCUT2D eigenvalue weighted by Gasteiger charge is -2.07. The number of hydrogen-bond acceptors (Lipinski definition) is 2. The van der Waals surface area contributed by atoms with Crippen LogP contribution in [-0.2, 0) is 6.54 Å². The van der Waals surface area contributed by atoms with Crippen LogP contribution in [0.3, 0.4) is 0 Å². The number of furan rings is 1. The van der Waals surface area contributed by atoms with Crippen LogP contribution in [-0.4, -0.2) is 0 Å². The van der Waals surface area contributed by atoms with Crippen LogP contribution in [0.2, 0.25) is 5.02 Å². The fourth-order valence-corrected chi connectivity index (χ4v) is 2.41. The third-order valence-corrected chi connectivity index (χ3v) is 4.02. The highest BCUT2D eigenvalue weighted by atomic mass is 35.5. The molecule has 2 aromatic carbocycles. The average molecular weight is 312 g/mol. The van der Waals surface area contributed by atoms with Crippen LogP contribution in [0.4, 0.5) is 5.69 Å². The zero-order chi connectivity index (χ0) is 15.5. The molecule has 1 heterocycles. The molecule has 3 aromatic rings. The Kier molecular flexibility index (Phi) is 4.21. The third kappa shape index (κ3) is 3.34. The summed E-state index contributed by atoms with van der Waals surface area (Å²) in [6.45, 7) is 4.90. The number of rotatable bonds is 4. The van der Waals surface area contributed by atoms with E-state index in [1.54, 1.807) is 0 Å². The first-order chi connectivity index (χ1) is 10.6. The van der Waals surface area contributed by atoms with Gasteiger partial charge in [0.2, 0.25) is 0 Å². The highest BCUT2D eigenvalue weighted by Crippen LogP contribution is 2.24. The van der Waals surface area contributed by atoms with E-state index >= 15 is 0 Å². The maximum absolute atomic E-state index is 5.91. The molecule has 3 rings (SSSR count). The molecule has 1 aromatic heterocycles. The van der Waals surface area contributed by atoms with Crippen LogP contribution < -0.4 is 5.32 Å². The highest BCUT2D eigenvalue weighted by Gasteiger charge is 2.05. The van der Waals surface area contributed by atoms with Crippen LogP contribution in [0, 0.1) is 13.8 Å². The molecule has 0 aliphatic rings. The minimum Gasteiger partial charge on any atom is -0.459 e. The molecule has 0 amide bonds. The first-order valence-corrected chi connectivity index (χ1v) is 7.65. The van der Waals surface area contributed by atoms with E-state index in [0.29, 0.717) is 6.54 Å². The molecule has 0 bridgehead atoms. The predicted molar refractivity (Wildman–Crippen MR) is 92.4 cm³/mol. The van der Waals surface area contributed by atoms with Gasteiger partial charge in [0.25, 0.3) is 0 Å². The van der Waals surface area contributed by atoms with Crippen molar-refractivity contribution in [2.24, 2.45) is 0 Å². The van der Waals surface area contributed by atoms with Crippen molar-refractivity contribution in [2.45, 2.75) is 20.4 Å². The molecule has 0 aliphatic carbocycles. The van der Waals surface area contributed by atoms with Gasteiger partial charge in [-0.2, -0.15) is 0 Å². The Hall–Kier alpha value is -2.19. The molecule has 0 saturated heterocycles. The summed E-state index contributed by atoms with van der Waals surface area (Å²) in [5, 5.41) is 4.12. The van der Waals surface area contributed by atoms with Gasteiger partial charge < -0.3 is 9.73 Å². The lowest BCUT2D eigenvalue weighted by molar-refractivity contribution is 0.531. The molecule has 0 unspecified atom stereocenters. The van der Waals surface area contributed by atoms with Crippen molar-refractivity contribution in [3.05, 3.63) is 76.5 Å². The summed E-state index contributed by atoms with van der Waals surface area (Å²) < 4.78 is 5.88. The Morgan fingerprint density at radius 2 is 1.68 bits per heavy atom. The van der Waals surface area contributed by atoms with E-state index in [9.17, 15) is 0 Å². The SMILES string of the molecule is Cc1ccc(NCc2ccc(-c3ccc(Cl)cc3)o2)cc1C. The van der Waals surface area contributed by atoms with E-state index in [0.717, 1.165) is 27.8 Å². The van der Waals surface area contributed by atoms with Crippen LogP contribution in [0.15, 0.2) is 59.0 Å². The minimum absolute atomic E-state index is 0.663. The van der Waals surface area contributed by atoms with Gasteiger partial charge in [-0.25, -0.2) is 0 Å². The number of anilines is 1. The van der Waals surface area contributed by atoms with Crippen molar-refractivity contribution in [2.75, 3.05) is 5.32 Å². The maximum atomic E-state index is 5.91. The molecule has 112 valence electrons. The Morgan fingerprint density at radius 3 is 2.41 bits per heavy atom. The summed E-state index contributed by atoms with van der Waals surface area (Å²) in [5.41, 5.74) is 4.72. The Labute approximate surface area is 135 Å². The molecule has 0 radical (unpaired) electrons. The number of halogens is 1. The second kappa shape index (κ2) is 6.29. The van der Waals surface area contributed by atoms with Gasteiger partial charge in [0.05, 0.1) is 6.54 Å². The van der Waals surface area contributed by atoms with Crippen LogP contribution in [0.25, 0.3) is 11.3 Å². The molecule has 0 fully saturated rings. The first-order valence-electron chi connectivity index (χ1n) is 7.27. The smallest absolute Gasteiger partial charge is 0.134 e. The van der Waals surface area contributed by atoms with Crippen molar-refractivity contribution >= 4 is 17.3 Å². The molecule has 2 nitrogen and oxygen atoms in total. The summed E-state index contributed by atoms with van der Waals surface area (Å²) in [5.74, 6) is 1.76. The number of benzene rings is 2. The second-order valence-electron chi connectivity index (χ2n) is 5.43. The van der Waals surface area contributed by atoms with Crippen molar-refractivity contribution in [1.82, 2.24) is 0 Å². The van der Waals surface area contributed by atoms with E-state index in [1.807, 2.05) is 36.4 Å². The number of hydrogen-bond donors (Lipinski definition) is 1. The Bertz CT molecular complexity index is 774. The quantitative estimate of drug-likeness (QED) is 0.656. The number of nitrogens with one attached hydrogen (secondary N) is 1. The normalized spacial score (nSPS) is 10.7. The van der Waals surface area contributed by atoms with Gasteiger partial charge in [-0.05, 0) is 73.5 Å². The standard InChI is InChI=1S/C19H18ClNO/c1-13-3-8-17(11-14(13)2)21-12-18-9-10-19(22-18)15-4-6-16(20)7-5-15/h3-11,21H,12H2,1-2H3. The summed E-state index contributed by atoms with van der Waals surface area (Å²) >= 11 is 5.91. The summed E-state index contributed by atoms with van der Waals surface area (Å²) in [6, 6.07) is 18.0. The van der Waals surface area contributed by atoms with Crippen LogP contribution >= 0.6 is 11.6 Å². The molecular weight excluding hydrogens is 294 g/mol. The topological polar surface area (TPSA) is 25.2 Å². The van der Waals surface area contributed by atoms with Crippen molar-refractivity contribution in [3.63, 3.8) is 0 Å². The van der Waals surface area contributed by atoms with Gasteiger partial charge in [-0.1, -0.05) is 17.7 Å². The average Bonchev–Trinajstić information content (AvgIpc) is 2.98. The molecule has 0 atom stereocenters. The van der Waals surface area contributed by atoms with Crippen molar-refractivity contribution < 1.29 is 4.42 Å². The van der Waals surface area contributed by atoms with E-state index in [1.165, 1.54) is 11.1 Å². The molecule has 0 saturated carbocycles. The summed E-state index contributed by atoms with van der Waals surface area (Å²) in [7, 11) is 0. The van der Waals surface area contributed by atoms with Crippen LogP contribution in [0.5, 0.6) is 0 Å². The van der Waals surface area contributed by atoms with Gasteiger partial charge in [0.15, 0.2) is 0 Å². The van der Waals surface area contributed by atoms with E-state index in [4.69, 9.17) is 16.0 Å². The highest BCUT2D eigenvalue weighted by molar-refractivity contribution is 6.30. The van der Waals surface area contributed by atoms with E-state index in [2.05, 4.69) is 37.4 Å². The lowest BCUT2D eigenvalue weighted by Crippen LogP contribution is -1.98. The molecule has 1 N–H and O–H groups in total. The molecule has 0 aliphatic heterocycles. The summed E-state index contributed by atoms with van der Waals surface area (Å²) in [4.78, 5) is 0. The van der Waals surface area contributed by atoms with Gasteiger partial charge >= 0.3 is 0 Å². The fourth-order valence-electron chi connectivity index (χ4n) is 2.28. The number of aryl methyl sites for hydroxylation is 2. The van der Waals surface area contributed by atoms with Gasteiger partial charge in [-0.15, -0.1) is 0 Å². The minimum atomic E-state index is 0.663. The first kappa shape index (κ1) is 14.7. The Morgan fingerprint density at radius 1 is 0.909 bits per heavy atom. The largest absolute Gasteiger partial charge is 0.459 e. The van der Waals surface area contributed by atoms with E-state index in [-0.39, 0.29) is 0 Å². The zero-order valence-electron chi connectivity index (χ0n) is 12.7. The van der Waals surface area contributed by atoms with E-state index < -0.39 is 0 Å². The monoisotopic (exact) mass is 311 g/mol. The fraction of sp³-hybridized carbons (Fsp3) is 0.158. The zero-order valence-corrected chi connectivity index (χ0v) is 13.4. The van der Waals surface area contributed by atoms with Gasteiger partial charge in [-0.3, -0.25) is 0 Å². The lowest BCUT2D eigenvalue weighted by atomic mass is 10.1. The molecular formula is C19H18ClNO. The molecule has 3 heteroatoms. The Balaban J connectivity index is 1.69. The van der Waals surface area contributed by atoms with Gasteiger partial charge in [0.1, 0.15) is 11.5 Å². The molecule has 0 spiro atoms. The van der Waals surface area contributed by atoms with Crippen LogP contribution in [0.1, 0.15) is 16.9 Å². The third-order valence-electron chi connectivity index (χ3n) is 3.76. The second-order valence-corrected chi connectivity index (χ2v) is 5.86. The molecule has 22 heavy (non-hydrogen) atoms. The summed E-state index contributed by atoms with van der Waals surface area (Å²) in [6.07, 6.45) is 0. The predicted octanol–water partition coefficient (Wildman–Crippen LogP) is 5.83. The van der Waals surface area contributed by atoms with Crippen molar-refractivity contribution in [1.29, 1.82) is 0 Å². The maximum Gasteiger partial charge on any atom is 0.134 e.